The normalized spacial score (nSPS) is 15.6. The van der Waals surface area contributed by atoms with Gasteiger partial charge in [0.1, 0.15) is 0 Å². The van der Waals surface area contributed by atoms with Crippen molar-refractivity contribution >= 4 is 29.2 Å². The van der Waals surface area contributed by atoms with Gasteiger partial charge in [-0.2, -0.15) is 0 Å². The van der Waals surface area contributed by atoms with E-state index in [1.165, 1.54) is 0 Å². The molecule has 29 heavy (non-hydrogen) atoms. The van der Waals surface area contributed by atoms with Crippen LogP contribution in [-0.4, -0.2) is 55.1 Å². The summed E-state index contributed by atoms with van der Waals surface area (Å²) in [5.74, 6) is -0.0524. The molecule has 1 unspecified atom stereocenters. The van der Waals surface area contributed by atoms with Crippen molar-refractivity contribution < 1.29 is 19.1 Å². The molecular formula is C21H32N4O4. The summed E-state index contributed by atoms with van der Waals surface area (Å²) < 4.78 is 5.47. The molecule has 1 atom stereocenters. The van der Waals surface area contributed by atoms with E-state index in [1.54, 1.807) is 29.2 Å². The predicted molar refractivity (Wildman–Crippen MR) is 113 cm³/mol. The number of carbonyl (C=O) groups excluding carboxylic acids is 3. The van der Waals surface area contributed by atoms with Crippen LogP contribution < -0.4 is 16.0 Å². The van der Waals surface area contributed by atoms with Crippen LogP contribution in [-0.2, 0) is 14.3 Å². The minimum atomic E-state index is -0.282. The van der Waals surface area contributed by atoms with E-state index in [2.05, 4.69) is 16.0 Å². The fourth-order valence-electron chi connectivity index (χ4n) is 3.18. The Balaban J connectivity index is 1.67. The molecule has 1 saturated heterocycles. The van der Waals surface area contributed by atoms with Gasteiger partial charge in [0.05, 0.1) is 6.10 Å². The highest BCUT2D eigenvalue weighted by Gasteiger charge is 2.16. The zero-order chi connectivity index (χ0) is 21.1. The summed E-state index contributed by atoms with van der Waals surface area (Å²) in [7, 11) is 0. The number of amides is 4. The Labute approximate surface area is 172 Å². The Morgan fingerprint density at radius 3 is 2.28 bits per heavy atom. The number of urea groups is 1. The SMILES string of the molecule is CCN(CC)C(=O)CCCC(=O)Nc1ccc(NC(=O)NCC2CCCO2)cc1. The third-order valence-corrected chi connectivity index (χ3v) is 4.85. The summed E-state index contributed by atoms with van der Waals surface area (Å²) in [5.41, 5.74) is 1.29. The molecule has 1 aliphatic heterocycles. The van der Waals surface area contributed by atoms with Crippen LogP contribution in [0.15, 0.2) is 24.3 Å². The minimum Gasteiger partial charge on any atom is -0.376 e. The Morgan fingerprint density at radius 2 is 1.69 bits per heavy atom. The average Bonchev–Trinajstić information content (AvgIpc) is 3.22. The third-order valence-electron chi connectivity index (χ3n) is 4.85. The highest BCUT2D eigenvalue weighted by Crippen LogP contribution is 2.15. The maximum Gasteiger partial charge on any atom is 0.319 e. The maximum absolute atomic E-state index is 12.0. The van der Waals surface area contributed by atoms with Gasteiger partial charge in [-0.3, -0.25) is 9.59 Å². The van der Waals surface area contributed by atoms with Crippen LogP contribution in [0.1, 0.15) is 46.0 Å². The number of nitrogens with one attached hydrogen (secondary N) is 3. The number of nitrogens with zero attached hydrogens (tertiary/aromatic N) is 1. The van der Waals surface area contributed by atoms with E-state index in [9.17, 15) is 14.4 Å². The average molecular weight is 405 g/mol. The van der Waals surface area contributed by atoms with E-state index in [1.807, 2.05) is 13.8 Å². The van der Waals surface area contributed by atoms with Crippen molar-refractivity contribution in [3.8, 4) is 0 Å². The van der Waals surface area contributed by atoms with E-state index in [4.69, 9.17) is 4.74 Å². The number of hydrogen-bond donors (Lipinski definition) is 3. The maximum atomic E-state index is 12.0. The lowest BCUT2D eigenvalue weighted by Crippen LogP contribution is -2.35. The highest BCUT2D eigenvalue weighted by molar-refractivity contribution is 5.92. The smallest absolute Gasteiger partial charge is 0.319 e. The molecule has 0 aliphatic carbocycles. The number of rotatable bonds is 10. The first-order valence-electron chi connectivity index (χ1n) is 10.4. The first-order valence-corrected chi connectivity index (χ1v) is 10.4. The lowest BCUT2D eigenvalue weighted by atomic mass is 10.2. The van der Waals surface area contributed by atoms with Crippen molar-refractivity contribution in [3.05, 3.63) is 24.3 Å². The largest absolute Gasteiger partial charge is 0.376 e. The Morgan fingerprint density at radius 1 is 1.03 bits per heavy atom. The number of ether oxygens (including phenoxy) is 1. The van der Waals surface area contributed by atoms with E-state index >= 15 is 0 Å². The second kappa shape index (κ2) is 12.1. The molecule has 0 radical (unpaired) electrons. The summed E-state index contributed by atoms with van der Waals surface area (Å²) >= 11 is 0. The first-order chi connectivity index (χ1) is 14.0. The van der Waals surface area contributed by atoms with Crippen molar-refractivity contribution in [2.75, 3.05) is 36.9 Å². The molecule has 8 heteroatoms. The van der Waals surface area contributed by atoms with Crippen molar-refractivity contribution in [1.29, 1.82) is 0 Å². The van der Waals surface area contributed by atoms with Gasteiger partial charge in [0.25, 0.3) is 0 Å². The van der Waals surface area contributed by atoms with Gasteiger partial charge >= 0.3 is 6.03 Å². The molecule has 0 aromatic heterocycles. The molecule has 0 saturated carbocycles. The highest BCUT2D eigenvalue weighted by atomic mass is 16.5. The standard InChI is InChI=1S/C21H32N4O4/c1-3-25(4-2)20(27)9-5-8-19(26)23-16-10-12-17(13-11-16)24-21(28)22-15-18-7-6-14-29-18/h10-13,18H,3-9,14-15H2,1-2H3,(H,23,26)(H2,22,24,28). The summed E-state index contributed by atoms with van der Waals surface area (Å²) in [4.78, 5) is 37.7. The molecule has 1 aromatic rings. The van der Waals surface area contributed by atoms with Crippen LogP contribution in [0.5, 0.6) is 0 Å². The van der Waals surface area contributed by atoms with Crippen molar-refractivity contribution in [2.24, 2.45) is 0 Å². The lowest BCUT2D eigenvalue weighted by Gasteiger charge is -2.18. The second-order valence-corrected chi connectivity index (χ2v) is 7.02. The quantitative estimate of drug-likeness (QED) is 0.558. The summed E-state index contributed by atoms with van der Waals surface area (Å²) in [5, 5.41) is 8.35. The van der Waals surface area contributed by atoms with Gasteiger partial charge in [0.15, 0.2) is 0 Å². The van der Waals surface area contributed by atoms with Crippen LogP contribution in [0, 0.1) is 0 Å². The molecule has 0 spiro atoms. The van der Waals surface area contributed by atoms with Gasteiger partial charge in [0.2, 0.25) is 11.8 Å². The molecule has 160 valence electrons. The molecule has 3 N–H and O–H groups in total. The van der Waals surface area contributed by atoms with Gasteiger partial charge in [-0.25, -0.2) is 4.79 Å². The molecular weight excluding hydrogens is 372 g/mol. The van der Waals surface area contributed by atoms with Crippen LogP contribution in [0.3, 0.4) is 0 Å². The number of anilines is 2. The van der Waals surface area contributed by atoms with Gasteiger partial charge in [-0.15, -0.1) is 0 Å². The monoisotopic (exact) mass is 404 g/mol. The van der Waals surface area contributed by atoms with Crippen LogP contribution >= 0.6 is 0 Å². The number of hydrogen-bond acceptors (Lipinski definition) is 4. The minimum absolute atomic E-state index is 0.0796. The summed E-state index contributed by atoms with van der Waals surface area (Å²) in [6, 6.07) is 6.63. The van der Waals surface area contributed by atoms with Gasteiger partial charge in [-0.05, 0) is 57.4 Å². The molecule has 0 bridgehead atoms. The van der Waals surface area contributed by atoms with Crippen LogP contribution in [0.25, 0.3) is 0 Å². The fraction of sp³-hybridized carbons (Fsp3) is 0.571. The zero-order valence-electron chi connectivity index (χ0n) is 17.3. The van der Waals surface area contributed by atoms with E-state index in [-0.39, 0.29) is 23.9 Å². The molecule has 1 aliphatic rings. The van der Waals surface area contributed by atoms with Gasteiger partial charge in [-0.1, -0.05) is 0 Å². The van der Waals surface area contributed by atoms with Crippen LogP contribution in [0.4, 0.5) is 16.2 Å². The lowest BCUT2D eigenvalue weighted by molar-refractivity contribution is -0.131. The molecule has 4 amide bonds. The molecule has 8 nitrogen and oxygen atoms in total. The van der Waals surface area contributed by atoms with E-state index in [0.29, 0.717) is 50.3 Å². The topological polar surface area (TPSA) is 99.8 Å². The predicted octanol–water partition coefficient (Wildman–Crippen LogP) is 2.96. The zero-order valence-corrected chi connectivity index (χ0v) is 17.3. The Hall–Kier alpha value is -2.61. The summed E-state index contributed by atoms with van der Waals surface area (Å²) in [6.45, 7) is 6.52. The molecule has 1 heterocycles. The number of carbonyl (C=O) groups is 3. The molecule has 1 fully saturated rings. The summed E-state index contributed by atoms with van der Waals surface area (Å²) in [6.07, 6.45) is 3.29. The Bertz CT molecular complexity index is 668. The van der Waals surface area contributed by atoms with Gasteiger partial charge in [0, 0.05) is 50.5 Å². The van der Waals surface area contributed by atoms with E-state index in [0.717, 1.165) is 19.4 Å². The van der Waals surface area contributed by atoms with E-state index < -0.39 is 0 Å². The van der Waals surface area contributed by atoms with Crippen LogP contribution in [0.2, 0.25) is 0 Å². The first kappa shape index (κ1) is 22.7. The van der Waals surface area contributed by atoms with Crippen molar-refractivity contribution in [1.82, 2.24) is 10.2 Å². The molecule has 1 aromatic carbocycles. The second-order valence-electron chi connectivity index (χ2n) is 7.02. The van der Waals surface area contributed by atoms with Crippen molar-refractivity contribution in [3.63, 3.8) is 0 Å². The number of benzene rings is 1. The fourth-order valence-corrected chi connectivity index (χ4v) is 3.18. The molecule has 2 rings (SSSR count). The Kier molecular flexibility index (Phi) is 9.43. The third kappa shape index (κ3) is 8.11. The van der Waals surface area contributed by atoms with Crippen molar-refractivity contribution in [2.45, 2.75) is 52.1 Å². The van der Waals surface area contributed by atoms with Gasteiger partial charge < -0.3 is 25.6 Å².